The summed E-state index contributed by atoms with van der Waals surface area (Å²) in [7, 11) is 1.59. The van der Waals surface area contributed by atoms with Crippen molar-refractivity contribution in [2.24, 2.45) is 0 Å². The van der Waals surface area contributed by atoms with Gasteiger partial charge in [0.2, 0.25) is 5.88 Å². The minimum absolute atomic E-state index is 0.00265. The highest BCUT2D eigenvalue weighted by atomic mass is 16.5. The van der Waals surface area contributed by atoms with Gasteiger partial charge in [-0.15, -0.1) is 0 Å². The number of amides is 1. The number of rotatable bonds is 6. The fourth-order valence-electron chi connectivity index (χ4n) is 2.67. The number of ether oxygens (including phenoxy) is 3. The van der Waals surface area contributed by atoms with Crippen LogP contribution >= 0.6 is 0 Å². The first-order valence-corrected chi connectivity index (χ1v) is 8.28. The quantitative estimate of drug-likeness (QED) is 0.807. The van der Waals surface area contributed by atoms with E-state index in [0.717, 1.165) is 12.0 Å². The molecule has 0 bridgehead atoms. The van der Waals surface area contributed by atoms with Gasteiger partial charge in [0.05, 0.1) is 13.7 Å². The summed E-state index contributed by atoms with van der Waals surface area (Å²) in [6.07, 6.45) is 2.53. The number of nitrogens with zero attached hydrogens (tertiary/aromatic N) is 2. The highest BCUT2D eigenvalue weighted by Gasteiger charge is 2.28. The van der Waals surface area contributed by atoms with E-state index in [1.54, 1.807) is 30.3 Å². The highest BCUT2D eigenvalue weighted by molar-refractivity contribution is 5.78. The molecule has 0 N–H and O–H groups in total. The number of hydrogen-bond donors (Lipinski definition) is 0. The predicted octanol–water partition coefficient (Wildman–Crippen LogP) is 2.46. The van der Waals surface area contributed by atoms with E-state index in [9.17, 15) is 4.79 Å². The van der Waals surface area contributed by atoms with Crippen LogP contribution in [0.15, 0.2) is 42.6 Å². The highest BCUT2D eigenvalue weighted by Crippen LogP contribution is 2.20. The molecule has 1 aliphatic heterocycles. The van der Waals surface area contributed by atoms with Crippen molar-refractivity contribution < 1.29 is 19.0 Å². The number of carbonyl (C=O) groups excluding carboxylic acids is 1. The molecule has 25 heavy (non-hydrogen) atoms. The van der Waals surface area contributed by atoms with E-state index >= 15 is 0 Å². The second-order valence-electron chi connectivity index (χ2n) is 6.01. The van der Waals surface area contributed by atoms with Gasteiger partial charge in [0.1, 0.15) is 17.6 Å². The van der Waals surface area contributed by atoms with Crippen LogP contribution < -0.4 is 14.2 Å². The Hall–Kier alpha value is -2.76. The van der Waals surface area contributed by atoms with Crippen molar-refractivity contribution in [3.8, 4) is 17.4 Å². The van der Waals surface area contributed by atoms with Crippen LogP contribution in [0.4, 0.5) is 0 Å². The van der Waals surface area contributed by atoms with Crippen molar-refractivity contribution in [2.45, 2.75) is 19.4 Å². The van der Waals surface area contributed by atoms with Crippen molar-refractivity contribution in [3.63, 3.8) is 0 Å². The number of likely N-dealkylation sites (tertiary alicyclic amines) is 1. The average Bonchev–Trinajstić information content (AvgIpc) is 3.10. The summed E-state index contributed by atoms with van der Waals surface area (Å²) in [6.45, 7) is 3.20. The summed E-state index contributed by atoms with van der Waals surface area (Å²) in [6, 6.07) is 11.0. The largest absolute Gasteiger partial charge is 0.497 e. The Balaban J connectivity index is 1.47. The fourth-order valence-corrected chi connectivity index (χ4v) is 2.67. The summed E-state index contributed by atoms with van der Waals surface area (Å²) in [5, 5.41) is 0. The van der Waals surface area contributed by atoms with E-state index in [-0.39, 0.29) is 18.6 Å². The van der Waals surface area contributed by atoms with E-state index in [1.807, 2.05) is 31.2 Å². The van der Waals surface area contributed by atoms with Crippen LogP contribution in [0.3, 0.4) is 0 Å². The molecular formula is C19H22N2O4. The Morgan fingerprint density at radius 2 is 2.12 bits per heavy atom. The van der Waals surface area contributed by atoms with Gasteiger partial charge in [0.25, 0.3) is 5.91 Å². The topological polar surface area (TPSA) is 60.9 Å². The van der Waals surface area contributed by atoms with Crippen molar-refractivity contribution in [1.29, 1.82) is 0 Å². The first-order valence-electron chi connectivity index (χ1n) is 8.28. The molecule has 0 radical (unpaired) electrons. The molecule has 1 aromatic heterocycles. The van der Waals surface area contributed by atoms with Gasteiger partial charge in [-0.1, -0.05) is 12.1 Å². The third-order valence-electron chi connectivity index (χ3n) is 4.07. The van der Waals surface area contributed by atoms with Gasteiger partial charge < -0.3 is 19.1 Å². The Morgan fingerprint density at radius 1 is 1.28 bits per heavy atom. The fraction of sp³-hybridized carbons (Fsp3) is 0.368. The van der Waals surface area contributed by atoms with Gasteiger partial charge in [-0.3, -0.25) is 4.79 Å². The van der Waals surface area contributed by atoms with Crippen LogP contribution in [0.5, 0.6) is 17.4 Å². The first-order chi connectivity index (χ1) is 12.1. The van der Waals surface area contributed by atoms with E-state index in [1.165, 1.54) is 0 Å². The Kier molecular flexibility index (Phi) is 5.38. The SMILES string of the molecule is COc1cccc(OCC(=O)N2CCC(Oc3ccc(C)cn3)C2)c1. The molecule has 0 aliphatic carbocycles. The van der Waals surface area contributed by atoms with Crippen molar-refractivity contribution in [1.82, 2.24) is 9.88 Å². The maximum absolute atomic E-state index is 12.3. The number of methoxy groups -OCH3 is 1. The lowest BCUT2D eigenvalue weighted by molar-refractivity contribution is -0.132. The van der Waals surface area contributed by atoms with Gasteiger partial charge in [-0.25, -0.2) is 4.98 Å². The summed E-state index contributed by atoms with van der Waals surface area (Å²) >= 11 is 0. The molecular weight excluding hydrogens is 320 g/mol. The standard InChI is InChI=1S/C19H22N2O4/c1-14-6-7-18(20-11-14)25-17-8-9-21(12-17)19(22)13-24-16-5-3-4-15(10-16)23-2/h3-7,10-11,17H,8-9,12-13H2,1-2H3. The smallest absolute Gasteiger partial charge is 0.260 e. The molecule has 132 valence electrons. The molecule has 0 spiro atoms. The number of aromatic nitrogens is 1. The van der Waals surface area contributed by atoms with Crippen molar-refractivity contribution in [2.75, 3.05) is 26.8 Å². The van der Waals surface area contributed by atoms with Gasteiger partial charge in [0, 0.05) is 31.3 Å². The molecule has 2 aromatic rings. The van der Waals surface area contributed by atoms with E-state index in [0.29, 0.717) is 30.5 Å². The molecule has 6 nitrogen and oxygen atoms in total. The number of aryl methyl sites for hydroxylation is 1. The molecule has 2 heterocycles. The Morgan fingerprint density at radius 3 is 2.88 bits per heavy atom. The van der Waals surface area contributed by atoms with Gasteiger partial charge in [-0.2, -0.15) is 0 Å². The minimum atomic E-state index is -0.0502. The molecule has 1 aromatic carbocycles. The van der Waals surface area contributed by atoms with Gasteiger partial charge in [-0.05, 0) is 24.6 Å². The first kappa shape index (κ1) is 17.1. The third kappa shape index (κ3) is 4.62. The van der Waals surface area contributed by atoms with Crippen molar-refractivity contribution >= 4 is 5.91 Å². The zero-order valence-electron chi connectivity index (χ0n) is 14.5. The maximum atomic E-state index is 12.3. The molecule has 1 fully saturated rings. The lowest BCUT2D eigenvalue weighted by Gasteiger charge is -2.17. The maximum Gasteiger partial charge on any atom is 0.260 e. The monoisotopic (exact) mass is 342 g/mol. The third-order valence-corrected chi connectivity index (χ3v) is 4.07. The van der Waals surface area contributed by atoms with Crippen LogP contribution in [0.1, 0.15) is 12.0 Å². The molecule has 1 saturated heterocycles. The molecule has 0 saturated carbocycles. The Labute approximate surface area is 147 Å². The normalized spacial score (nSPS) is 16.6. The van der Waals surface area contributed by atoms with Gasteiger partial charge in [0.15, 0.2) is 6.61 Å². The molecule has 1 amide bonds. The number of hydrogen-bond acceptors (Lipinski definition) is 5. The van der Waals surface area contributed by atoms with Crippen LogP contribution in [-0.4, -0.2) is 48.7 Å². The van der Waals surface area contributed by atoms with Crippen LogP contribution in [0, 0.1) is 6.92 Å². The lowest BCUT2D eigenvalue weighted by atomic mass is 10.3. The molecule has 6 heteroatoms. The summed E-state index contributed by atoms with van der Waals surface area (Å²) < 4.78 is 16.5. The van der Waals surface area contributed by atoms with Crippen LogP contribution in [0.25, 0.3) is 0 Å². The zero-order chi connectivity index (χ0) is 17.6. The second kappa shape index (κ2) is 7.88. The Bertz CT molecular complexity index is 718. The number of carbonyl (C=O) groups is 1. The van der Waals surface area contributed by atoms with E-state index in [2.05, 4.69) is 4.98 Å². The van der Waals surface area contributed by atoms with Crippen LogP contribution in [0.2, 0.25) is 0 Å². The lowest BCUT2D eigenvalue weighted by Crippen LogP contribution is -2.34. The van der Waals surface area contributed by atoms with Crippen molar-refractivity contribution in [3.05, 3.63) is 48.2 Å². The van der Waals surface area contributed by atoms with Crippen LogP contribution in [-0.2, 0) is 4.79 Å². The summed E-state index contributed by atoms with van der Waals surface area (Å²) in [4.78, 5) is 18.3. The minimum Gasteiger partial charge on any atom is -0.497 e. The van der Waals surface area contributed by atoms with Gasteiger partial charge >= 0.3 is 0 Å². The van der Waals surface area contributed by atoms with E-state index in [4.69, 9.17) is 14.2 Å². The molecule has 1 aliphatic rings. The molecule has 3 rings (SSSR count). The number of pyridine rings is 1. The zero-order valence-corrected chi connectivity index (χ0v) is 14.5. The average molecular weight is 342 g/mol. The van der Waals surface area contributed by atoms with E-state index < -0.39 is 0 Å². The molecule has 1 unspecified atom stereocenters. The summed E-state index contributed by atoms with van der Waals surface area (Å²) in [5.41, 5.74) is 1.09. The summed E-state index contributed by atoms with van der Waals surface area (Å²) in [5.74, 6) is 1.86. The second-order valence-corrected chi connectivity index (χ2v) is 6.01. The molecule has 1 atom stereocenters. The predicted molar refractivity (Wildman–Crippen MR) is 93.1 cm³/mol. The number of benzene rings is 1.